The first-order valence-corrected chi connectivity index (χ1v) is 26.4. The van der Waals surface area contributed by atoms with Gasteiger partial charge >= 0.3 is 5.97 Å². The summed E-state index contributed by atoms with van der Waals surface area (Å²) in [7, 11) is 0. The number of carbonyl (C=O) groups excluding carboxylic acids is 1. The van der Waals surface area contributed by atoms with Crippen LogP contribution in [0.15, 0.2) is 24.3 Å². The zero-order chi connectivity index (χ0) is 48.0. The van der Waals surface area contributed by atoms with Gasteiger partial charge in [-0.05, 0) is 44.9 Å². The summed E-state index contributed by atoms with van der Waals surface area (Å²) in [4.78, 5) is 13.0. The molecule has 0 radical (unpaired) electrons. The summed E-state index contributed by atoms with van der Waals surface area (Å²) >= 11 is 0. The van der Waals surface area contributed by atoms with Crippen molar-refractivity contribution in [2.45, 2.75) is 268 Å². The number of hydrogen-bond acceptors (Lipinski definition) is 14. The fourth-order valence-corrected chi connectivity index (χ4v) is 8.37. The van der Waals surface area contributed by atoms with Crippen molar-refractivity contribution in [2.24, 2.45) is 0 Å². The summed E-state index contributed by atoms with van der Waals surface area (Å²) in [5, 5.41) is 72.1. The van der Waals surface area contributed by atoms with E-state index in [9.17, 15) is 40.5 Å². The first-order valence-electron chi connectivity index (χ1n) is 26.4. The number of rotatable bonds is 42. The van der Waals surface area contributed by atoms with Crippen LogP contribution in [0.1, 0.15) is 200 Å². The minimum absolute atomic E-state index is 0.0613. The van der Waals surface area contributed by atoms with Crippen LogP contribution in [-0.4, -0.2) is 142 Å². The molecular weight excluding hydrogens is 849 g/mol. The second kappa shape index (κ2) is 40.2. The van der Waals surface area contributed by atoms with E-state index in [1.165, 1.54) is 122 Å². The van der Waals surface area contributed by atoms with Gasteiger partial charge in [0.25, 0.3) is 0 Å². The highest BCUT2D eigenvalue weighted by Crippen LogP contribution is 2.26. The SMILES string of the molecule is CCCCC/C=C\C/C=C\CCCCCCCCCCOCC(COC1OC(COC2OC(CO)C(O)C(O)C2O)C(O)C(O)C1O)OC(=O)CCCCCCCCCCCCCCCC. The minimum Gasteiger partial charge on any atom is -0.457 e. The van der Waals surface area contributed by atoms with Crippen LogP contribution in [0.3, 0.4) is 0 Å². The van der Waals surface area contributed by atoms with Gasteiger partial charge in [0.2, 0.25) is 0 Å². The third-order valence-electron chi connectivity index (χ3n) is 12.7. The topological polar surface area (TPSA) is 214 Å². The summed E-state index contributed by atoms with van der Waals surface area (Å²) in [5.74, 6) is -0.376. The number of esters is 1. The summed E-state index contributed by atoms with van der Waals surface area (Å²) in [5.41, 5.74) is 0. The largest absolute Gasteiger partial charge is 0.457 e. The molecule has 0 amide bonds. The zero-order valence-corrected chi connectivity index (χ0v) is 41.2. The van der Waals surface area contributed by atoms with E-state index in [4.69, 9.17) is 28.4 Å². The predicted octanol–water partition coefficient (Wildman–Crippen LogP) is 8.02. The normalized spacial score (nSPS) is 26.4. The van der Waals surface area contributed by atoms with Gasteiger partial charge in [0.05, 0.1) is 26.4 Å². The molecule has 0 aromatic carbocycles. The minimum atomic E-state index is -1.70. The highest BCUT2D eigenvalue weighted by molar-refractivity contribution is 5.69. The number of unbranched alkanes of at least 4 members (excludes halogenated alkanes) is 24. The van der Waals surface area contributed by atoms with Gasteiger partial charge in [0, 0.05) is 13.0 Å². The van der Waals surface area contributed by atoms with Gasteiger partial charge in [-0.2, -0.15) is 0 Å². The molecule has 388 valence electrons. The standard InChI is InChI=1S/C52H96O14/c1-3-5-7-9-11-13-15-17-19-20-21-22-24-26-28-30-32-34-36-61-38-41(64-44(54)35-33-31-29-27-25-23-18-16-14-12-10-8-6-4-2)39-62-51-50(60)48(58)46(56)43(66-51)40-63-52-49(59)47(57)45(55)42(37-53)65-52/h11,13,17,19,41-43,45-53,55-60H,3-10,12,14-16,18,20-40H2,1-2H3/b13-11-,19-17-. The molecule has 14 heteroatoms. The predicted molar refractivity (Wildman–Crippen MR) is 257 cm³/mol. The number of hydrogen-bond donors (Lipinski definition) is 7. The highest BCUT2D eigenvalue weighted by atomic mass is 16.7. The smallest absolute Gasteiger partial charge is 0.306 e. The van der Waals surface area contributed by atoms with E-state index in [0.717, 1.165) is 51.4 Å². The van der Waals surface area contributed by atoms with Gasteiger partial charge in [0.15, 0.2) is 12.6 Å². The van der Waals surface area contributed by atoms with Gasteiger partial charge < -0.3 is 64.2 Å². The van der Waals surface area contributed by atoms with Crippen LogP contribution in [0.4, 0.5) is 0 Å². The van der Waals surface area contributed by atoms with Crippen LogP contribution in [0, 0.1) is 0 Å². The van der Waals surface area contributed by atoms with Crippen molar-refractivity contribution < 1.29 is 69.0 Å². The molecule has 7 N–H and O–H groups in total. The van der Waals surface area contributed by atoms with E-state index < -0.39 is 80.7 Å². The number of allylic oxidation sites excluding steroid dienone is 4. The summed E-state index contributed by atoms with van der Waals surface area (Å²) in [6.07, 6.45) is 26.6. The zero-order valence-electron chi connectivity index (χ0n) is 41.2. The summed E-state index contributed by atoms with van der Waals surface area (Å²) in [6.45, 7) is 3.67. The number of carbonyl (C=O) groups is 1. The molecule has 2 heterocycles. The van der Waals surface area contributed by atoms with Crippen molar-refractivity contribution in [3.8, 4) is 0 Å². The molecule has 0 spiro atoms. The van der Waals surface area contributed by atoms with Crippen LogP contribution in [0.2, 0.25) is 0 Å². The third kappa shape index (κ3) is 27.6. The van der Waals surface area contributed by atoms with Crippen LogP contribution in [0.25, 0.3) is 0 Å². The Morgan fingerprint density at radius 1 is 0.500 bits per heavy atom. The second-order valence-corrected chi connectivity index (χ2v) is 18.7. The molecule has 0 aromatic rings. The number of aliphatic hydroxyl groups excluding tert-OH is 7. The van der Waals surface area contributed by atoms with E-state index in [1.54, 1.807) is 0 Å². The number of ether oxygens (including phenoxy) is 6. The highest BCUT2D eigenvalue weighted by Gasteiger charge is 2.47. The van der Waals surface area contributed by atoms with Crippen molar-refractivity contribution in [1.82, 2.24) is 0 Å². The lowest BCUT2D eigenvalue weighted by Crippen LogP contribution is -2.61. The van der Waals surface area contributed by atoms with Gasteiger partial charge in [0.1, 0.15) is 54.9 Å². The Kier molecular flexibility index (Phi) is 36.9. The maximum atomic E-state index is 13.0. The molecule has 2 aliphatic heterocycles. The molecule has 14 nitrogen and oxygen atoms in total. The van der Waals surface area contributed by atoms with Gasteiger partial charge in [-0.25, -0.2) is 0 Å². The van der Waals surface area contributed by atoms with E-state index in [0.29, 0.717) is 13.0 Å². The fourth-order valence-electron chi connectivity index (χ4n) is 8.37. The molecule has 2 rings (SSSR count). The summed E-state index contributed by atoms with van der Waals surface area (Å²) in [6, 6.07) is 0. The van der Waals surface area contributed by atoms with E-state index in [1.807, 2.05) is 0 Å². The Hall–Kier alpha value is -1.53. The maximum absolute atomic E-state index is 13.0. The molecule has 11 atom stereocenters. The molecule has 0 aliphatic carbocycles. The van der Waals surface area contributed by atoms with Crippen molar-refractivity contribution >= 4 is 5.97 Å². The average molecular weight is 945 g/mol. The Morgan fingerprint density at radius 2 is 0.939 bits per heavy atom. The van der Waals surface area contributed by atoms with E-state index in [-0.39, 0.29) is 25.6 Å². The first kappa shape index (κ1) is 60.6. The molecule has 0 saturated carbocycles. The lowest BCUT2D eigenvalue weighted by Gasteiger charge is -2.42. The fraction of sp³-hybridized carbons (Fsp3) is 0.904. The van der Waals surface area contributed by atoms with Crippen molar-refractivity contribution in [3.05, 3.63) is 24.3 Å². The number of aliphatic hydroxyl groups is 7. The van der Waals surface area contributed by atoms with Crippen LogP contribution < -0.4 is 0 Å². The maximum Gasteiger partial charge on any atom is 0.306 e. The molecular formula is C52H96O14. The molecule has 66 heavy (non-hydrogen) atoms. The second-order valence-electron chi connectivity index (χ2n) is 18.7. The lowest BCUT2D eigenvalue weighted by molar-refractivity contribution is -0.332. The van der Waals surface area contributed by atoms with Crippen LogP contribution in [-0.2, 0) is 33.2 Å². The van der Waals surface area contributed by atoms with Gasteiger partial charge in [-0.1, -0.05) is 173 Å². The lowest BCUT2D eigenvalue weighted by atomic mass is 9.98. The average Bonchev–Trinajstić information content (AvgIpc) is 3.31. The van der Waals surface area contributed by atoms with Crippen LogP contribution in [0.5, 0.6) is 0 Å². The Bertz CT molecular complexity index is 1190. The summed E-state index contributed by atoms with van der Waals surface area (Å²) < 4.78 is 34.3. The molecule has 0 aromatic heterocycles. The van der Waals surface area contributed by atoms with Crippen molar-refractivity contribution in [1.29, 1.82) is 0 Å². The molecule has 11 unspecified atom stereocenters. The van der Waals surface area contributed by atoms with Crippen molar-refractivity contribution in [2.75, 3.05) is 33.0 Å². The van der Waals surface area contributed by atoms with E-state index >= 15 is 0 Å². The van der Waals surface area contributed by atoms with Gasteiger partial charge in [-0.3, -0.25) is 4.79 Å². The Morgan fingerprint density at radius 3 is 1.48 bits per heavy atom. The van der Waals surface area contributed by atoms with Crippen molar-refractivity contribution in [3.63, 3.8) is 0 Å². The quantitative estimate of drug-likeness (QED) is 0.0175. The molecule has 2 aliphatic rings. The molecule has 2 fully saturated rings. The molecule has 0 bridgehead atoms. The van der Waals surface area contributed by atoms with E-state index in [2.05, 4.69) is 38.2 Å². The first-order chi connectivity index (χ1) is 32.1. The monoisotopic (exact) mass is 945 g/mol. The Balaban J connectivity index is 1.76. The van der Waals surface area contributed by atoms with Gasteiger partial charge in [-0.15, -0.1) is 0 Å². The third-order valence-corrected chi connectivity index (χ3v) is 12.7. The molecule has 2 saturated heterocycles. The van der Waals surface area contributed by atoms with Crippen LogP contribution >= 0.6 is 0 Å². The Labute approximate surface area is 398 Å².